The maximum Gasteiger partial charge on any atom is 0.285 e. The van der Waals surface area contributed by atoms with Gasteiger partial charge in [-0.3, -0.25) is 0 Å². The maximum absolute atomic E-state index is 13.0. The average Bonchev–Trinajstić information content (AvgIpc) is 2.91. The van der Waals surface area contributed by atoms with Gasteiger partial charge in [-0.05, 0) is 35.7 Å². The van der Waals surface area contributed by atoms with E-state index in [4.69, 9.17) is 0 Å². The molecular formula is C18H13FN2O2S2. The second-order valence-corrected chi connectivity index (χ2v) is 8.18. The van der Waals surface area contributed by atoms with Crippen LogP contribution in [0.1, 0.15) is 0 Å². The third-order valence-corrected chi connectivity index (χ3v) is 6.59. The highest BCUT2D eigenvalue weighted by molar-refractivity contribution is 7.90. The third kappa shape index (κ3) is 2.75. The molecule has 0 radical (unpaired) electrons. The molecule has 0 bridgehead atoms. The van der Waals surface area contributed by atoms with Gasteiger partial charge in [0.25, 0.3) is 10.0 Å². The van der Waals surface area contributed by atoms with E-state index in [1.165, 1.54) is 23.5 Å². The number of halogens is 1. The topological polar surface area (TPSA) is 51.4 Å². The summed E-state index contributed by atoms with van der Waals surface area (Å²) >= 11 is 1.32. The zero-order chi connectivity index (χ0) is 17.6. The molecule has 0 atom stereocenters. The van der Waals surface area contributed by atoms with Gasteiger partial charge in [0.1, 0.15) is 5.82 Å². The Hall–Kier alpha value is -2.51. The van der Waals surface area contributed by atoms with Crippen LogP contribution in [-0.2, 0) is 17.1 Å². The first-order valence-corrected chi connectivity index (χ1v) is 9.75. The van der Waals surface area contributed by atoms with Crippen molar-refractivity contribution in [1.82, 2.24) is 4.57 Å². The number of benzene rings is 3. The minimum atomic E-state index is -3.91. The molecule has 4 nitrogen and oxygen atoms in total. The zero-order valence-electron chi connectivity index (χ0n) is 13.2. The van der Waals surface area contributed by atoms with E-state index in [1.807, 2.05) is 36.4 Å². The molecule has 4 aromatic rings. The molecule has 0 aliphatic carbocycles. The smallest absolute Gasteiger partial charge is 0.285 e. The fourth-order valence-electron chi connectivity index (χ4n) is 2.71. The summed E-state index contributed by atoms with van der Waals surface area (Å²) in [5.41, 5.74) is 0.914. The first kappa shape index (κ1) is 16.0. The fourth-order valence-corrected chi connectivity index (χ4v) is 5.09. The molecule has 0 fully saturated rings. The SMILES string of the molecule is Cn1c(=NS(=O)(=O)c2ccc(F)cc2)sc2c3ccccc3ccc21. The standard InChI is InChI=1S/C18H13FN2O2S2/c1-21-16-11-6-12-4-2-3-5-15(12)17(16)24-18(21)20-25(22,23)14-9-7-13(19)8-10-14/h2-11H,1H3. The van der Waals surface area contributed by atoms with Crippen molar-refractivity contribution in [1.29, 1.82) is 0 Å². The van der Waals surface area contributed by atoms with E-state index in [1.54, 1.807) is 11.6 Å². The van der Waals surface area contributed by atoms with Crippen LogP contribution in [0.4, 0.5) is 4.39 Å². The van der Waals surface area contributed by atoms with Gasteiger partial charge in [0, 0.05) is 12.4 Å². The Morgan fingerprint density at radius 3 is 2.48 bits per heavy atom. The number of sulfonamides is 1. The maximum atomic E-state index is 13.0. The predicted octanol–water partition coefficient (Wildman–Crippen LogP) is 3.82. The second-order valence-electron chi connectivity index (χ2n) is 5.60. The predicted molar refractivity (Wildman–Crippen MR) is 97.5 cm³/mol. The average molecular weight is 372 g/mol. The molecule has 4 rings (SSSR count). The van der Waals surface area contributed by atoms with Gasteiger partial charge in [-0.2, -0.15) is 8.42 Å². The summed E-state index contributed by atoms with van der Waals surface area (Å²) in [6, 6.07) is 16.6. The Kier molecular flexibility index (Phi) is 3.70. The van der Waals surface area contributed by atoms with Gasteiger partial charge in [0.15, 0.2) is 0 Å². The molecule has 0 unspecified atom stereocenters. The van der Waals surface area contributed by atoms with Crippen LogP contribution >= 0.6 is 11.3 Å². The molecule has 126 valence electrons. The van der Waals surface area contributed by atoms with Crippen molar-refractivity contribution in [2.45, 2.75) is 4.90 Å². The van der Waals surface area contributed by atoms with Crippen LogP contribution in [0.25, 0.3) is 21.0 Å². The molecule has 1 heterocycles. The molecule has 25 heavy (non-hydrogen) atoms. The third-order valence-electron chi connectivity index (χ3n) is 4.01. The highest BCUT2D eigenvalue weighted by atomic mass is 32.2. The van der Waals surface area contributed by atoms with Crippen LogP contribution in [0.3, 0.4) is 0 Å². The fraction of sp³-hybridized carbons (Fsp3) is 0.0556. The van der Waals surface area contributed by atoms with Crippen LogP contribution in [-0.4, -0.2) is 13.0 Å². The van der Waals surface area contributed by atoms with Gasteiger partial charge < -0.3 is 4.57 Å². The molecular weight excluding hydrogens is 359 g/mol. The summed E-state index contributed by atoms with van der Waals surface area (Å²) in [6.07, 6.45) is 0. The number of hydrogen-bond donors (Lipinski definition) is 0. The summed E-state index contributed by atoms with van der Waals surface area (Å²) in [5, 5.41) is 2.14. The normalized spacial score (nSPS) is 13.0. The summed E-state index contributed by atoms with van der Waals surface area (Å²) in [5.74, 6) is -0.488. The van der Waals surface area contributed by atoms with E-state index in [2.05, 4.69) is 4.40 Å². The molecule has 0 saturated heterocycles. The number of nitrogens with zero attached hydrogens (tertiary/aromatic N) is 2. The van der Waals surface area contributed by atoms with Crippen molar-refractivity contribution in [3.05, 3.63) is 71.3 Å². The number of fused-ring (bicyclic) bond motifs is 3. The first-order valence-electron chi connectivity index (χ1n) is 7.49. The summed E-state index contributed by atoms with van der Waals surface area (Å²) in [6.45, 7) is 0. The summed E-state index contributed by atoms with van der Waals surface area (Å²) < 4.78 is 44.7. The Morgan fingerprint density at radius 1 is 1.00 bits per heavy atom. The largest absolute Gasteiger partial charge is 0.319 e. The lowest BCUT2D eigenvalue weighted by atomic mass is 10.1. The Bertz CT molecular complexity index is 1270. The molecule has 0 spiro atoms. The Labute approximate surface area is 147 Å². The minimum Gasteiger partial charge on any atom is -0.319 e. The Balaban J connectivity index is 1.97. The lowest BCUT2D eigenvalue weighted by Crippen LogP contribution is -2.13. The molecule has 0 amide bonds. The van der Waals surface area contributed by atoms with Crippen molar-refractivity contribution in [3.8, 4) is 0 Å². The van der Waals surface area contributed by atoms with Crippen molar-refractivity contribution < 1.29 is 12.8 Å². The van der Waals surface area contributed by atoms with Gasteiger partial charge in [-0.25, -0.2) is 4.39 Å². The molecule has 0 aliphatic heterocycles. The molecule has 1 aromatic heterocycles. The molecule has 0 N–H and O–H groups in total. The van der Waals surface area contributed by atoms with Gasteiger partial charge in [0.05, 0.1) is 15.1 Å². The lowest BCUT2D eigenvalue weighted by Gasteiger charge is -2.00. The van der Waals surface area contributed by atoms with E-state index in [0.717, 1.165) is 33.1 Å². The van der Waals surface area contributed by atoms with Crippen molar-refractivity contribution in [2.24, 2.45) is 11.4 Å². The monoisotopic (exact) mass is 372 g/mol. The van der Waals surface area contributed by atoms with Crippen LogP contribution in [0.2, 0.25) is 0 Å². The number of hydrogen-bond acceptors (Lipinski definition) is 3. The first-order chi connectivity index (χ1) is 12.0. The van der Waals surface area contributed by atoms with E-state index in [9.17, 15) is 12.8 Å². The summed E-state index contributed by atoms with van der Waals surface area (Å²) in [4.78, 5) is 0.340. The molecule has 0 saturated carbocycles. The van der Waals surface area contributed by atoms with Crippen LogP contribution in [0, 0.1) is 5.82 Å². The molecule has 3 aromatic carbocycles. The summed E-state index contributed by atoms with van der Waals surface area (Å²) in [7, 11) is -2.12. The highest BCUT2D eigenvalue weighted by Crippen LogP contribution is 2.27. The molecule has 0 aliphatic rings. The Morgan fingerprint density at radius 2 is 1.72 bits per heavy atom. The highest BCUT2D eigenvalue weighted by Gasteiger charge is 2.14. The minimum absolute atomic E-state index is 0.0313. The van der Waals surface area contributed by atoms with E-state index in [-0.39, 0.29) is 4.90 Å². The number of rotatable bonds is 2. The van der Waals surface area contributed by atoms with Crippen molar-refractivity contribution >= 4 is 42.3 Å². The zero-order valence-corrected chi connectivity index (χ0v) is 14.8. The van der Waals surface area contributed by atoms with Crippen molar-refractivity contribution in [3.63, 3.8) is 0 Å². The number of aryl methyl sites for hydroxylation is 1. The van der Waals surface area contributed by atoms with Gasteiger partial charge in [-0.1, -0.05) is 41.7 Å². The molecule has 7 heteroatoms. The van der Waals surface area contributed by atoms with Crippen LogP contribution < -0.4 is 4.80 Å². The van der Waals surface area contributed by atoms with E-state index < -0.39 is 15.8 Å². The van der Waals surface area contributed by atoms with Crippen molar-refractivity contribution in [2.75, 3.05) is 0 Å². The number of aromatic nitrogens is 1. The quantitative estimate of drug-likeness (QED) is 0.537. The van der Waals surface area contributed by atoms with Crippen LogP contribution in [0.15, 0.2) is 70.0 Å². The van der Waals surface area contributed by atoms with E-state index >= 15 is 0 Å². The van der Waals surface area contributed by atoms with Gasteiger partial charge in [-0.15, -0.1) is 4.40 Å². The second kappa shape index (κ2) is 5.79. The number of thiazole rings is 1. The van der Waals surface area contributed by atoms with E-state index in [0.29, 0.717) is 4.80 Å². The lowest BCUT2D eigenvalue weighted by molar-refractivity contribution is 0.595. The van der Waals surface area contributed by atoms with Crippen LogP contribution in [0.5, 0.6) is 0 Å². The van der Waals surface area contributed by atoms with Gasteiger partial charge in [0.2, 0.25) is 4.80 Å². The van der Waals surface area contributed by atoms with Gasteiger partial charge >= 0.3 is 0 Å².